The molecule has 1 atom stereocenters. The van der Waals surface area contributed by atoms with Crippen molar-refractivity contribution in [1.29, 1.82) is 0 Å². The molecule has 1 heterocycles. The SMILES string of the molecule is C=CCN(CC(=O)OCC)C1CCOC2(CCC2)C1. The molecular weight excluding hydrogens is 242 g/mol. The quantitative estimate of drug-likeness (QED) is 0.546. The van der Waals surface area contributed by atoms with Crippen molar-refractivity contribution in [2.75, 3.05) is 26.3 Å². The van der Waals surface area contributed by atoms with Crippen molar-refractivity contribution in [1.82, 2.24) is 4.90 Å². The van der Waals surface area contributed by atoms with E-state index in [9.17, 15) is 4.79 Å². The predicted octanol–water partition coefficient (Wildman–Crippen LogP) is 2.14. The molecule has 2 aliphatic rings. The van der Waals surface area contributed by atoms with Crippen LogP contribution in [0.4, 0.5) is 0 Å². The topological polar surface area (TPSA) is 38.8 Å². The van der Waals surface area contributed by atoms with E-state index in [-0.39, 0.29) is 11.6 Å². The fraction of sp³-hybridized carbons (Fsp3) is 0.800. The van der Waals surface area contributed by atoms with Crippen LogP contribution in [0.15, 0.2) is 12.7 Å². The van der Waals surface area contributed by atoms with Crippen LogP contribution in [-0.2, 0) is 14.3 Å². The van der Waals surface area contributed by atoms with E-state index >= 15 is 0 Å². The third-order valence-electron chi connectivity index (χ3n) is 4.25. The zero-order valence-corrected chi connectivity index (χ0v) is 11.9. The molecule has 1 spiro atoms. The second kappa shape index (κ2) is 6.53. The van der Waals surface area contributed by atoms with Gasteiger partial charge in [-0.1, -0.05) is 6.08 Å². The lowest BCUT2D eigenvalue weighted by Gasteiger charge is -2.49. The van der Waals surface area contributed by atoms with Gasteiger partial charge in [0, 0.05) is 19.2 Å². The minimum Gasteiger partial charge on any atom is -0.465 e. The summed E-state index contributed by atoms with van der Waals surface area (Å²) in [5, 5.41) is 0. The highest BCUT2D eigenvalue weighted by molar-refractivity contribution is 5.71. The summed E-state index contributed by atoms with van der Waals surface area (Å²) < 4.78 is 11.0. The first kappa shape index (κ1) is 14.5. The highest BCUT2D eigenvalue weighted by Crippen LogP contribution is 2.43. The molecule has 1 saturated carbocycles. The third-order valence-corrected chi connectivity index (χ3v) is 4.25. The molecule has 19 heavy (non-hydrogen) atoms. The van der Waals surface area contributed by atoms with Crippen molar-refractivity contribution in [2.24, 2.45) is 0 Å². The third kappa shape index (κ3) is 3.57. The molecule has 0 aromatic heterocycles. The van der Waals surface area contributed by atoms with Crippen LogP contribution in [0.2, 0.25) is 0 Å². The normalized spacial score (nSPS) is 25.1. The molecule has 0 amide bonds. The van der Waals surface area contributed by atoms with E-state index in [0.717, 1.165) is 26.0 Å². The van der Waals surface area contributed by atoms with E-state index in [0.29, 0.717) is 19.2 Å². The Morgan fingerprint density at radius 1 is 1.58 bits per heavy atom. The summed E-state index contributed by atoms with van der Waals surface area (Å²) in [4.78, 5) is 13.9. The molecular formula is C15H25NO3. The summed E-state index contributed by atoms with van der Waals surface area (Å²) in [6.45, 7) is 7.98. The summed E-state index contributed by atoms with van der Waals surface area (Å²) in [5.41, 5.74) is 0.108. The van der Waals surface area contributed by atoms with Crippen LogP contribution < -0.4 is 0 Å². The van der Waals surface area contributed by atoms with Crippen LogP contribution in [-0.4, -0.2) is 48.8 Å². The number of esters is 1. The van der Waals surface area contributed by atoms with Gasteiger partial charge in [-0.3, -0.25) is 9.69 Å². The molecule has 0 bridgehead atoms. The van der Waals surface area contributed by atoms with Gasteiger partial charge in [-0.25, -0.2) is 0 Å². The fourth-order valence-corrected chi connectivity index (χ4v) is 3.11. The van der Waals surface area contributed by atoms with Crippen LogP contribution in [0.5, 0.6) is 0 Å². The standard InChI is InChI=1S/C15H25NO3/c1-3-9-16(12-14(17)18-4-2)13-6-10-19-15(11-13)7-5-8-15/h3,13H,1,4-12H2,2H3. The number of ether oxygens (including phenoxy) is 2. The summed E-state index contributed by atoms with van der Waals surface area (Å²) in [5.74, 6) is -0.140. The Morgan fingerprint density at radius 3 is 2.95 bits per heavy atom. The van der Waals surface area contributed by atoms with Gasteiger partial charge in [-0.2, -0.15) is 0 Å². The van der Waals surface area contributed by atoms with Crippen LogP contribution >= 0.6 is 0 Å². The lowest BCUT2D eigenvalue weighted by molar-refractivity contribution is -0.156. The molecule has 1 saturated heterocycles. The Hall–Kier alpha value is -0.870. The van der Waals surface area contributed by atoms with Gasteiger partial charge in [0.2, 0.25) is 0 Å². The molecule has 1 unspecified atom stereocenters. The molecule has 0 aromatic rings. The van der Waals surface area contributed by atoms with Gasteiger partial charge in [-0.15, -0.1) is 6.58 Å². The van der Waals surface area contributed by atoms with E-state index in [1.54, 1.807) is 0 Å². The highest BCUT2D eigenvalue weighted by atomic mass is 16.5. The zero-order chi connectivity index (χ0) is 13.7. The van der Waals surface area contributed by atoms with Crippen LogP contribution in [0.25, 0.3) is 0 Å². The summed E-state index contributed by atoms with van der Waals surface area (Å²) in [6, 6.07) is 0.413. The predicted molar refractivity (Wildman–Crippen MR) is 74.0 cm³/mol. The molecule has 1 aliphatic carbocycles. The molecule has 108 valence electrons. The number of hydrogen-bond donors (Lipinski definition) is 0. The Balaban J connectivity index is 1.93. The summed E-state index contributed by atoms with van der Waals surface area (Å²) in [7, 11) is 0. The number of nitrogens with zero attached hydrogens (tertiary/aromatic N) is 1. The highest BCUT2D eigenvalue weighted by Gasteiger charge is 2.43. The second-order valence-corrected chi connectivity index (χ2v) is 5.55. The van der Waals surface area contributed by atoms with Gasteiger partial charge in [0.1, 0.15) is 0 Å². The molecule has 1 aliphatic heterocycles. The first-order chi connectivity index (χ1) is 9.19. The van der Waals surface area contributed by atoms with E-state index < -0.39 is 0 Å². The average molecular weight is 267 g/mol. The summed E-state index contributed by atoms with van der Waals surface area (Å²) >= 11 is 0. The lowest BCUT2D eigenvalue weighted by Crippen LogP contribution is -2.53. The zero-order valence-electron chi connectivity index (χ0n) is 11.9. The maximum Gasteiger partial charge on any atom is 0.320 e. The van der Waals surface area contributed by atoms with Crippen molar-refractivity contribution < 1.29 is 14.3 Å². The molecule has 2 fully saturated rings. The number of carbonyl (C=O) groups excluding carboxylic acids is 1. The van der Waals surface area contributed by atoms with Gasteiger partial charge in [0.25, 0.3) is 0 Å². The minimum atomic E-state index is -0.140. The van der Waals surface area contributed by atoms with E-state index in [2.05, 4.69) is 11.5 Å². The smallest absolute Gasteiger partial charge is 0.320 e. The number of carbonyl (C=O) groups is 1. The largest absolute Gasteiger partial charge is 0.465 e. The molecule has 2 rings (SSSR count). The Bertz CT molecular complexity index is 325. The summed E-state index contributed by atoms with van der Waals surface area (Å²) in [6.07, 6.45) is 7.51. The van der Waals surface area contributed by atoms with Crippen molar-refractivity contribution in [3.8, 4) is 0 Å². The van der Waals surface area contributed by atoms with Gasteiger partial charge in [-0.05, 0) is 39.0 Å². The van der Waals surface area contributed by atoms with Crippen LogP contribution in [0, 0.1) is 0 Å². The van der Waals surface area contributed by atoms with Gasteiger partial charge < -0.3 is 9.47 Å². The molecule has 4 nitrogen and oxygen atoms in total. The first-order valence-electron chi connectivity index (χ1n) is 7.33. The Kier molecular flexibility index (Phi) is 4.99. The van der Waals surface area contributed by atoms with Crippen molar-refractivity contribution >= 4 is 5.97 Å². The van der Waals surface area contributed by atoms with Gasteiger partial charge in [0.05, 0.1) is 18.8 Å². The molecule has 4 heteroatoms. The van der Waals surface area contributed by atoms with Crippen molar-refractivity contribution in [2.45, 2.75) is 50.7 Å². The fourth-order valence-electron chi connectivity index (χ4n) is 3.11. The second-order valence-electron chi connectivity index (χ2n) is 5.55. The molecule has 0 aromatic carbocycles. The van der Waals surface area contributed by atoms with Crippen LogP contribution in [0.1, 0.15) is 39.0 Å². The Labute approximate surface area is 115 Å². The monoisotopic (exact) mass is 267 g/mol. The molecule has 0 N–H and O–H groups in total. The lowest BCUT2D eigenvalue weighted by atomic mass is 9.73. The van der Waals surface area contributed by atoms with E-state index in [1.807, 2.05) is 13.0 Å². The number of rotatable bonds is 6. The molecule has 0 radical (unpaired) electrons. The van der Waals surface area contributed by atoms with Gasteiger partial charge in [0.15, 0.2) is 0 Å². The minimum absolute atomic E-state index is 0.108. The van der Waals surface area contributed by atoms with Crippen molar-refractivity contribution in [3.05, 3.63) is 12.7 Å². The number of hydrogen-bond acceptors (Lipinski definition) is 4. The van der Waals surface area contributed by atoms with Crippen LogP contribution in [0.3, 0.4) is 0 Å². The first-order valence-corrected chi connectivity index (χ1v) is 7.33. The maximum absolute atomic E-state index is 11.7. The van der Waals surface area contributed by atoms with Crippen molar-refractivity contribution in [3.63, 3.8) is 0 Å². The Morgan fingerprint density at radius 2 is 2.37 bits per heavy atom. The van der Waals surface area contributed by atoms with E-state index in [1.165, 1.54) is 19.3 Å². The maximum atomic E-state index is 11.7. The van der Waals surface area contributed by atoms with E-state index in [4.69, 9.17) is 9.47 Å². The van der Waals surface area contributed by atoms with Gasteiger partial charge >= 0.3 is 5.97 Å². The average Bonchev–Trinajstić information content (AvgIpc) is 2.37.